The van der Waals surface area contributed by atoms with Crippen LogP contribution in [0.25, 0.3) is 0 Å². The Morgan fingerprint density at radius 2 is 0.857 bits per heavy atom. The molecule has 2 nitrogen and oxygen atoms in total. The molecule has 0 aromatic heterocycles. The zero-order valence-electron chi connectivity index (χ0n) is 17.2. The summed E-state index contributed by atoms with van der Waals surface area (Å²) in [6.45, 7) is 0. The Hall–Kier alpha value is -1.64. The summed E-state index contributed by atoms with van der Waals surface area (Å²) < 4.78 is 0. The standard InChI is InChI=1S/C26H36N2/c1-5-13-21(14-6-1)25(27-23-17-9-3-10-18-23)26(22-15-7-2-8-16-22)28-24-19-11-4-12-20-24/h1-2,5-8,13-16,23-28H,3-4,9-12,17-20H2/t25-,26+. The van der Waals surface area contributed by atoms with Gasteiger partial charge in [-0.15, -0.1) is 0 Å². The monoisotopic (exact) mass is 376 g/mol. The van der Waals surface area contributed by atoms with E-state index in [0.717, 1.165) is 0 Å². The lowest BCUT2D eigenvalue weighted by atomic mass is 9.87. The average molecular weight is 377 g/mol. The number of benzene rings is 2. The zero-order valence-corrected chi connectivity index (χ0v) is 17.2. The molecule has 0 spiro atoms. The zero-order chi connectivity index (χ0) is 19.0. The molecule has 0 bridgehead atoms. The van der Waals surface area contributed by atoms with Gasteiger partial charge in [-0.3, -0.25) is 0 Å². The lowest BCUT2D eigenvalue weighted by Crippen LogP contribution is -2.44. The van der Waals surface area contributed by atoms with E-state index in [-0.39, 0.29) is 0 Å². The number of hydrogen-bond donors (Lipinski definition) is 2. The summed E-state index contributed by atoms with van der Waals surface area (Å²) in [5.74, 6) is 0. The molecule has 2 aromatic rings. The maximum absolute atomic E-state index is 4.10. The summed E-state index contributed by atoms with van der Waals surface area (Å²) in [4.78, 5) is 0. The minimum atomic E-state index is 0.314. The van der Waals surface area contributed by atoms with Gasteiger partial charge in [0.2, 0.25) is 0 Å². The second kappa shape index (κ2) is 10.2. The van der Waals surface area contributed by atoms with E-state index in [1.807, 2.05) is 0 Å². The highest BCUT2D eigenvalue weighted by Gasteiger charge is 2.29. The van der Waals surface area contributed by atoms with Crippen molar-refractivity contribution < 1.29 is 0 Å². The molecule has 2 heteroatoms. The molecule has 150 valence electrons. The van der Waals surface area contributed by atoms with Crippen molar-refractivity contribution in [3.8, 4) is 0 Å². The number of nitrogens with one attached hydrogen (secondary N) is 2. The Labute approximate surface area is 171 Å². The minimum Gasteiger partial charge on any atom is -0.306 e. The van der Waals surface area contributed by atoms with Crippen LogP contribution in [-0.4, -0.2) is 12.1 Å². The molecule has 2 atom stereocenters. The van der Waals surface area contributed by atoms with E-state index in [1.165, 1.54) is 75.3 Å². The van der Waals surface area contributed by atoms with Gasteiger partial charge in [-0.2, -0.15) is 0 Å². The van der Waals surface area contributed by atoms with Crippen LogP contribution in [0, 0.1) is 0 Å². The van der Waals surface area contributed by atoms with Gasteiger partial charge in [0.15, 0.2) is 0 Å². The van der Waals surface area contributed by atoms with Crippen LogP contribution in [0.4, 0.5) is 0 Å². The smallest absolute Gasteiger partial charge is 0.0520 e. The summed E-state index contributed by atoms with van der Waals surface area (Å²) in [6.07, 6.45) is 13.5. The normalized spacial score (nSPS) is 21.3. The average Bonchev–Trinajstić information content (AvgIpc) is 2.79. The van der Waals surface area contributed by atoms with Gasteiger partial charge in [-0.25, -0.2) is 0 Å². The maximum Gasteiger partial charge on any atom is 0.0520 e. The van der Waals surface area contributed by atoms with Crippen LogP contribution in [0.5, 0.6) is 0 Å². The van der Waals surface area contributed by atoms with E-state index in [0.29, 0.717) is 24.2 Å². The fourth-order valence-corrected chi connectivity index (χ4v) is 5.14. The lowest BCUT2D eigenvalue weighted by Gasteiger charge is -2.37. The Balaban J connectivity index is 1.62. The van der Waals surface area contributed by atoms with Gasteiger partial charge in [0.05, 0.1) is 12.1 Å². The van der Waals surface area contributed by atoms with Gasteiger partial charge in [0.1, 0.15) is 0 Å². The van der Waals surface area contributed by atoms with Gasteiger partial charge >= 0.3 is 0 Å². The molecule has 2 aliphatic rings. The topological polar surface area (TPSA) is 24.1 Å². The van der Waals surface area contributed by atoms with E-state index < -0.39 is 0 Å². The van der Waals surface area contributed by atoms with E-state index >= 15 is 0 Å². The first-order chi connectivity index (χ1) is 13.9. The molecule has 2 aromatic carbocycles. The van der Waals surface area contributed by atoms with Crippen molar-refractivity contribution >= 4 is 0 Å². The van der Waals surface area contributed by atoms with Crippen LogP contribution in [0.3, 0.4) is 0 Å². The van der Waals surface area contributed by atoms with Crippen molar-refractivity contribution in [2.24, 2.45) is 0 Å². The lowest BCUT2D eigenvalue weighted by molar-refractivity contribution is 0.261. The van der Waals surface area contributed by atoms with E-state index in [4.69, 9.17) is 0 Å². The van der Waals surface area contributed by atoms with Gasteiger partial charge in [-0.05, 0) is 36.8 Å². The Bertz CT molecular complexity index is 611. The van der Waals surface area contributed by atoms with Crippen molar-refractivity contribution in [3.05, 3.63) is 71.8 Å². The highest BCUT2D eigenvalue weighted by atomic mass is 15.1. The van der Waals surface area contributed by atoms with Crippen LogP contribution in [0.2, 0.25) is 0 Å². The molecule has 2 aliphatic carbocycles. The third-order valence-corrected chi connectivity index (χ3v) is 6.69. The first kappa shape index (κ1) is 19.7. The highest BCUT2D eigenvalue weighted by molar-refractivity contribution is 5.28. The molecule has 0 saturated heterocycles. The van der Waals surface area contributed by atoms with Crippen LogP contribution < -0.4 is 10.6 Å². The molecule has 0 radical (unpaired) electrons. The van der Waals surface area contributed by atoms with Crippen LogP contribution in [0.1, 0.15) is 87.4 Å². The van der Waals surface area contributed by atoms with Crippen LogP contribution in [-0.2, 0) is 0 Å². The molecule has 2 N–H and O–H groups in total. The molecule has 28 heavy (non-hydrogen) atoms. The Morgan fingerprint density at radius 3 is 1.21 bits per heavy atom. The van der Waals surface area contributed by atoms with Gasteiger partial charge in [0.25, 0.3) is 0 Å². The first-order valence-corrected chi connectivity index (χ1v) is 11.5. The quantitative estimate of drug-likeness (QED) is 0.591. The van der Waals surface area contributed by atoms with Gasteiger partial charge in [-0.1, -0.05) is 99.2 Å². The maximum atomic E-state index is 4.10. The highest BCUT2D eigenvalue weighted by Crippen LogP contribution is 2.33. The molecule has 2 saturated carbocycles. The van der Waals surface area contributed by atoms with E-state index in [2.05, 4.69) is 71.3 Å². The molecule has 0 heterocycles. The van der Waals surface area contributed by atoms with E-state index in [1.54, 1.807) is 0 Å². The summed E-state index contributed by atoms with van der Waals surface area (Å²) in [5, 5.41) is 8.20. The SMILES string of the molecule is c1ccc([C@@H](NC2CCCCC2)[C@@H](NC2CCCCC2)c2ccccc2)cc1. The fourth-order valence-electron chi connectivity index (χ4n) is 5.14. The molecular formula is C26H36N2. The molecule has 0 aliphatic heterocycles. The van der Waals surface area contributed by atoms with Crippen molar-refractivity contribution in [3.63, 3.8) is 0 Å². The molecule has 4 rings (SSSR count). The minimum absolute atomic E-state index is 0.314. The predicted octanol–water partition coefficient (Wildman–Crippen LogP) is 6.31. The summed E-state index contributed by atoms with van der Waals surface area (Å²) in [6, 6.07) is 24.1. The van der Waals surface area contributed by atoms with Gasteiger partial charge in [0, 0.05) is 12.1 Å². The van der Waals surface area contributed by atoms with Crippen molar-refractivity contribution in [2.75, 3.05) is 0 Å². The largest absolute Gasteiger partial charge is 0.306 e. The second-order valence-electron chi connectivity index (χ2n) is 8.78. The van der Waals surface area contributed by atoms with Crippen molar-refractivity contribution in [1.29, 1.82) is 0 Å². The second-order valence-corrected chi connectivity index (χ2v) is 8.78. The third-order valence-electron chi connectivity index (χ3n) is 6.69. The van der Waals surface area contributed by atoms with E-state index in [9.17, 15) is 0 Å². The summed E-state index contributed by atoms with van der Waals surface area (Å²) in [5.41, 5.74) is 2.82. The Morgan fingerprint density at radius 1 is 0.500 bits per heavy atom. The fraction of sp³-hybridized carbons (Fsp3) is 0.538. The van der Waals surface area contributed by atoms with Crippen LogP contribution >= 0.6 is 0 Å². The number of rotatable bonds is 7. The summed E-state index contributed by atoms with van der Waals surface area (Å²) in [7, 11) is 0. The first-order valence-electron chi connectivity index (χ1n) is 11.5. The van der Waals surface area contributed by atoms with Gasteiger partial charge < -0.3 is 10.6 Å². The molecule has 0 amide bonds. The predicted molar refractivity (Wildman–Crippen MR) is 118 cm³/mol. The summed E-state index contributed by atoms with van der Waals surface area (Å²) >= 11 is 0. The molecule has 0 unspecified atom stereocenters. The third kappa shape index (κ3) is 5.24. The molecule has 2 fully saturated rings. The Kier molecular flexibility index (Phi) is 7.18. The molecular weight excluding hydrogens is 340 g/mol. The van der Waals surface area contributed by atoms with Crippen molar-refractivity contribution in [2.45, 2.75) is 88.4 Å². The van der Waals surface area contributed by atoms with Crippen molar-refractivity contribution in [1.82, 2.24) is 10.6 Å². The van der Waals surface area contributed by atoms with Crippen LogP contribution in [0.15, 0.2) is 60.7 Å². The number of hydrogen-bond acceptors (Lipinski definition) is 2.